The molecule has 1 aromatic carbocycles. The van der Waals surface area contributed by atoms with Gasteiger partial charge in [-0.05, 0) is 24.3 Å². The number of rotatable bonds is 3. The number of nitrogens with one attached hydrogen (secondary N) is 1. The number of nitro groups is 1. The third-order valence-corrected chi connectivity index (χ3v) is 4.58. The zero-order chi connectivity index (χ0) is 21.2. The molecule has 12 heteroatoms. The van der Waals surface area contributed by atoms with E-state index in [2.05, 4.69) is 10.3 Å². The van der Waals surface area contributed by atoms with Crippen LogP contribution in [0.25, 0.3) is 0 Å². The van der Waals surface area contributed by atoms with Gasteiger partial charge >= 0.3 is 17.9 Å². The Morgan fingerprint density at radius 2 is 1.86 bits per heavy atom. The summed E-state index contributed by atoms with van der Waals surface area (Å²) < 4.78 is 38.7. The number of benzene rings is 1. The lowest BCUT2D eigenvalue weighted by Crippen LogP contribution is -2.50. The molecule has 0 atom stereocenters. The highest BCUT2D eigenvalue weighted by atomic mass is 35.5. The van der Waals surface area contributed by atoms with Crippen LogP contribution in [0.3, 0.4) is 0 Å². The monoisotopic (exact) mass is 429 g/mol. The summed E-state index contributed by atoms with van der Waals surface area (Å²) in [5, 5.41) is 13.4. The number of carbonyl (C=O) groups is 1. The molecular weight excluding hydrogens is 415 g/mol. The summed E-state index contributed by atoms with van der Waals surface area (Å²) in [6.07, 6.45) is -4.43. The van der Waals surface area contributed by atoms with Gasteiger partial charge < -0.3 is 9.80 Å². The zero-order valence-electron chi connectivity index (χ0n) is 14.8. The van der Waals surface area contributed by atoms with E-state index in [0.29, 0.717) is 18.8 Å². The van der Waals surface area contributed by atoms with Gasteiger partial charge in [0.25, 0.3) is 0 Å². The van der Waals surface area contributed by atoms with Crippen LogP contribution < -0.4 is 10.2 Å². The molecule has 3 rings (SSSR count). The number of urea groups is 1. The quantitative estimate of drug-likeness (QED) is 0.452. The first kappa shape index (κ1) is 20.6. The summed E-state index contributed by atoms with van der Waals surface area (Å²) in [5.41, 5.74) is -0.730. The molecule has 2 amide bonds. The predicted molar refractivity (Wildman–Crippen MR) is 100 cm³/mol. The molecule has 29 heavy (non-hydrogen) atoms. The predicted octanol–water partition coefficient (Wildman–Crippen LogP) is 4.02. The van der Waals surface area contributed by atoms with Gasteiger partial charge in [-0.15, -0.1) is 0 Å². The number of alkyl halides is 3. The minimum absolute atomic E-state index is 0.0136. The second-order valence-corrected chi connectivity index (χ2v) is 6.60. The third-order valence-electron chi connectivity index (χ3n) is 4.37. The summed E-state index contributed by atoms with van der Waals surface area (Å²) >= 11 is 5.74. The Bertz CT molecular complexity index is 933. The van der Waals surface area contributed by atoms with Crippen LogP contribution in [0, 0.1) is 10.1 Å². The number of anilines is 2. The number of hydrogen-bond donors (Lipinski definition) is 1. The van der Waals surface area contributed by atoms with Crippen LogP contribution in [-0.4, -0.2) is 47.0 Å². The van der Waals surface area contributed by atoms with E-state index in [-0.39, 0.29) is 24.1 Å². The van der Waals surface area contributed by atoms with E-state index in [1.165, 1.54) is 17.0 Å². The maximum atomic E-state index is 12.9. The Hall–Kier alpha value is -3.08. The Morgan fingerprint density at radius 3 is 2.48 bits per heavy atom. The molecule has 0 spiro atoms. The maximum absolute atomic E-state index is 12.9. The first-order chi connectivity index (χ1) is 13.6. The van der Waals surface area contributed by atoms with Gasteiger partial charge in [-0.3, -0.25) is 15.4 Å². The minimum Gasteiger partial charge on any atom is -0.368 e. The van der Waals surface area contributed by atoms with Crippen LogP contribution in [0.2, 0.25) is 5.15 Å². The van der Waals surface area contributed by atoms with Crippen molar-refractivity contribution >= 4 is 34.8 Å². The van der Waals surface area contributed by atoms with Crippen molar-refractivity contribution in [2.24, 2.45) is 0 Å². The Kier molecular flexibility index (Phi) is 5.78. The largest absolute Gasteiger partial charge is 0.416 e. The first-order valence-corrected chi connectivity index (χ1v) is 8.82. The summed E-state index contributed by atoms with van der Waals surface area (Å²) in [7, 11) is 0. The van der Waals surface area contributed by atoms with E-state index in [1.807, 2.05) is 0 Å². The van der Waals surface area contributed by atoms with Crippen LogP contribution in [-0.2, 0) is 6.18 Å². The molecule has 1 aliphatic rings. The third kappa shape index (κ3) is 4.86. The molecule has 1 aromatic heterocycles. The molecule has 0 saturated carbocycles. The summed E-state index contributed by atoms with van der Waals surface area (Å²) in [6.45, 7) is 1.05. The summed E-state index contributed by atoms with van der Waals surface area (Å²) in [5.74, 6) is -0.271. The van der Waals surface area contributed by atoms with Crippen LogP contribution in [0.4, 0.5) is 35.2 Å². The standard InChI is InChI=1S/C17H15ClF3N5O3/c18-14-5-4-13(26(28)29)15(22-14)23-16(27)25-8-6-24(7-9-25)12-3-1-2-11(10-12)17(19,20)21/h1-5,10H,6-9H2,(H,22,23,27). The molecule has 1 fully saturated rings. The van der Waals surface area contributed by atoms with Crippen molar-refractivity contribution in [3.63, 3.8) is 0 Å². The molecule has 0 bridgehead atoms. The second kappa shape index (κ2) is 8.11. The molecule has 1 aliphatic heterocycles. The van der Waals surface area contributed by atoms with E-state index >= 15 is 0 Å². The number of amides is 2. The number of hydrogen-bond acceptors (Lipinski definition) is 5. The molecule has 154 valence electrons. The number of halogens is 4. The van der Waals surface area contributed by atoms with Gasteiger partial charge in [-0.2, -0.15) is 13.2 Å². The smallest absolute Gasteiger partial charge is 0.368 e. The molecular formula is C17H15ClF3N5O3. The van der Waals surface area contributed by atoms with Crippen LogP contribution in [0.15, 0.2) is 36.4 Å². The van der Waals surface area contributed by atoms with Gasteiger partial charge in [0, 0.05) is 37.9 Å². The Balaban J connectivity index is 1.65. The van der Waals surface area contributed by atoms with Gasteiger partial charge in [-0.25, -0.2) is 9.78 Å². The molecule has 8 nitrogen and oxygen atoms in total. The first-order valence-electron chi connectivity index (χ1n) is 8.44. The van der Waals surface area contributed by atoms with E-state index in [1.54, 1.807) is 11.0 Å². The van der Waals surface area contributed by atoms with E-state index in [0.717, 1.165) is 18.2 Å². The number of nitrogens with zero attached hydrogens (tertiary/aromatic N) is 4. The van der Waals surface area contributed by atoms with E-state index in [4.69, 9.17) is 11.6 Å². The SMILES string of the molecule is O=C(Nc1nc(Cl)ccc1[N+](=O)[O-])N1CCN(c2cccc(C(F)(F)F)c2)CC1. The lowest BCUT2D eigenvalue weighted by atomic mass is 10.1. The minimum atomic E-state index is -4.43. The van der Waals surface area contributed by atoms with Crippen molar-refractivity contribution in [1.29, 1.82) is 0 Å². The van der Waals surface area contributed by atoms with Crippen molar-refractivity contribution in [2.75, 3.05) is 36.4 Å². The fraction of sp³-hybridized carbons (Fsp3) is 0.294. The second-order valence-electron chi connectivity index (χ2n) is 6.21. The zero-order valence-corrected chi connectivity index (χ0v) is 15.6. The molecule has 0 radical (unpaired) electrons. The van der Waals surface area contributed by atoms with Gasteiger partial charge in [0.1, 0.15) is 5.15 Å². The van der Waals surface area contributed by atoms with Crippen LogP contribution in [0.1, 0.15) is 5.56 Å². The normalized spacial score (nSPS) is 14.6. The van der Waals surface area contributed by atoms with Gasteiger partial charge in [0.15, 0.2) is 0 Å². The average Bonchev–Trinajstić information content (AvgIpc) is 2.67. The summed E-state index contributed by atoms with van der Waals surface area (Å²) in [6, 6.07) is 6.74. The molecule has 0 unspecified atom stereocenters. The topological polar surface area (TPSA) is 91.6 Å². The molecule has 1 N–H and O–H groups in total. The average molecular weight is 430 g/mol. The van der Waals surface area contributed by atoms with E-state index < -0.39 is 28.4 Å². The molecule has 2 aromatic rings. The van der Waals surface area contributed by atoms with Crippen molar-refractivity contribution in [3.8, 4) is 0 Å². The fourth-order valence-electron chi connectivity index (χ4n) is 2.89. The van der Waals surface area contributed by atoms with Gasteiger partial charge in [0.05, 0.1) is 10.5 Å². The number of piperazine rings is 1. The lowest BCUT2D eigenvalue weighted by Gasteiger charge is -2.36. The highest BCUT2D eigenvalue weighted by molar-refractivity contribution is 6.29. The molecule has 0 aliphatic carbocycles. The van der Waals surface area contributed by atoms with E-state index in [9.17, 15) is 28.1 Å². The maximum Gasteiger partial charge on any atom is 0.416 e. The number of aromatic nitrogens is 1. The van der Waals surface area contributed by atoms with Crippen LogP contribution in [0.5, 0.6) is 0 Å². The van der Waals surface area contributed by atoms with Crippen molar-refractivity contribution in [2.45, 2.75) is 6.18 Å². The number of pyridine rings is 1. The van der Waals surface area contributed by atoms with Gasteiger partial charge in [-0.1, -0.05) is 17.7 Å². The fourth-order valence-corrected chi connectivity index (χ4v) is 3.04. The highest BCUT2D eigenvalue weighted by Crippen LogP contribution is 2.32. The number of carbonyl (C=O) groups excluding carboxylic acids is 1. The molecule has 2 heterocycles. The van der Waals surface area contributed by atoms with Crippen molar-refractivity contribution in [1.82, 2.24) is 9.88 Å². The Labute approximate surface area is 168 Å². The van der Waals surface area contributed by atoms with Crippen molar-refractivity contribution < 1.29 is 22.9 Å². The summed E-state index contributed by atoms with van der Waals surface area (Å²) in [4.78, 5) is 29.7. The van der Waals surface area contributed by atoms with Crippen LogP contribution >= 0.6 is 11.6 Å². The molecule has 1 saturated heterocycles. The van der Waals surface area contributed by atoms with Gasteiger partial charge in [0.2, 0.25) is 5.82 Å². The highest BCUT2D eigenvalue weighted by Gasteiger charge is 2.31. The lowest BCUT2D eigenvalue weighted by molar-refractivity contribution is -0.384. The Morgan fingerprint density at radius 1 is 1.17 bits per heavy atom. The van der Waals surface area contributed by atoms with Crippen molar-refractivity contribution in [3.05, 3.63) is 57.2 Å².